The fraction of sp³-hybridized carbons (Fsp3) is 0.0714. The normalized spacial score (nSPS) is 11.0. The highest BCUT2D eigenvalue weighted by Crippen LogP contribution is 2.26. The number of amides is 1. The fourth-order valence-corrected chi connectivity index (χ4v) is 2.04. The van der Waals surface area contributed by atoms with Crippen molar-refractivity contribution in [3.63, 3.8) is 0 Å². The molecule has 23 heavy (non-hydrogen) atoms. The predicted octanol–water partition coefficient (Wildman–Crippen LogP) is -0.158. The van der Waals surface area contributed by atoms with Crippen LogP contribution in [0.5, 0.6) is 5.75 Å². The molecule has 1 aromatic carbocycles. The third kappa shape index (κ3) is 3.84. The average molecular weight is 330 g/mol. The van der Waals surface area contributed by atoms with Gasteiger partial charge in [0, 0.05) is 16.8 Å². The first-order chi connectivity index (χ1) is 10.7. The molecule has 0 atom stereocenters. The number of carboxylic acid groups (broad SMARTS) is 1. The molecule has 9 heteroatoms. The highest BCUT2D eigenvalue weighted by atomic mass is 35.5. The SMILES string of the molecule is BC(B)(NC(=O)c1ncc(-c2cccc(Cl)c2)cc1O)C(=O)O. The van der Waals surface area contributed by atoms with E-state index in [0.717, 1.165) is 5.56 Å². The summed E-state index contributed by atoms with van der Waals surface area (Å²) in [7, 11) is 2.68. The van der Waals surface area contributed by atoms with Gasteiger partial charge in [0.15, 0.2) is 5.69 Å². The molecule has 6 nitrogen and oxygen atoms in total. The van der Waals surface area contributed by atoms with E-state index in [1.165, 1.54) is 28.0 Å². The van der Waals surface area contributed by atoms with Crippen molar-refractivity contribution in [2.75, 3.05) is 0 Å². The van der Waals surface area contributed by atoms with Gasteiger partial charge in [-0.2, -0.15) is 0 Å². The minimum absolute atomic E-state index is 0.245. The lowest BCUT2D eigenvalue weighted by atomic mass is 9.62. The average Bonchev–Trinajstić information content (AvgIpc) is 2.46. The Kier molecular flexibility index (Phi) is 4.65. The van der Waals surface area contributed by atoms with Gasteiger partial charge in [-0.3, -0.25) is 9.59 Å². The van der Waals surface area contributed by atoms with Gasteiger partial charge >= 0.3 is 5.97 Å². The van der Waals surface area contributed by atoms with Gasteiger partial charge in [-0.1, -0.05) is 23.7 Å². The molecule has 1 amide bonds. The number of hydrogen-bond acceptors (Lipinski definition) is 4. The van der Waals surface area contributed by atoms with E-state index in [4.69, 9.17) is 16.7 Å². The summed E-state index contributed by atoms with van der Waals surface area (Å²) >= 11 is 5.92. The van der Waals surface area contributed by atoms with Crippen molar-refractivity contribution in [2.45, 2.75) is 5.34 Å². The first kappa shape index (κ1) is 16.9. The third-order valence-corrected chi connectivity index (χ3v) is 3.44. The molecule has 2 rings (SSSR count). The number of pyridine rings is 1. The highest BCUT2D eigenvalue weighted by Gasteiger charge is 2.30. The van der Waals surface area contributed by atoms with Crippen LogP contribution in [0.2, 0.25) is 5.02 Å². The van der Waals surface area contributed by atoms with Gasteiger partial charge in [-0.25, -0.2) is 4.98 Å². The van der Waals surface area contributed by atoms with Crippen molar-refractivity contribution in [1.82, 2.24) is 10.3 Å². The Morgan fingerprint density at radius 3 is 2.48 bits per heavy atom. The second-order valence-corrected chi connectivity index (χ2v) is 5.92. The number of halogens is 1. The van der Waals surface area contributed by atoms with Crippen LogP contribution in [0.4, 0.5) is 0 Å². The maximum absolute atomic E-state index is 12.1. The lowest BCUT2D eigenvalue weighted by molar-refractivity contribution is -0.138. The molecule has 0 radical (unpaired) electrons. The second-order valence-electron chi connectivity index (χ2n) is 5.49. The van der Waals surface area contributed by atoms with Gasteiger partial charge in [-0.05, 0) is 23.8 Å². The Balaban J connectivity index is 2.29. The molecule has 0 aliphatic heterocycles. The molecule has 0 saturated heterocycles. The molecule has 3 N–H and O–H groups in total. The van der Waals surface area contributed by atoms with Gasteiger partial charge in [0.2, 0.25) is 0 Å². The molecule has 0 aliphatic carbocycles. The van der Waals surface area contributed by atoms with E-state index >= 15 is 0 Å². The summed E-state index contributed by atoms with van der Waals surface area (Å²) in [5.41, 5.74) is 1.07. The molecule has 0 unspecified atom stereocenters. The molecular weight excluding hydrogens is 317 g/mol. The van der Waals surface area contributed by atoms with E-state index in [-0.39, 0.29) is 11.4 Å². The maximum Gasteiger partial charge on any atom is 0.311 e. The van der Waals surface area contributed by atoms with Crippen LogP contribution in [0.1, 0.15) is 10.5 Å². The number of nitrogens with zero attached hydrogens (tertiary/aromatic N) is 1. The molecular formula is C14H13B2ClN2O4. The molecule has 2 aromatic rings. The highest BCUT2D eigenvalue weighted by molar-refractivity contribution is 6.51. The largest absolute Gasteiger partial charge is 0.505 e. The van der Waals surface area contributed by atoms with Crippen LogP contribution in [-0.2, 0) is 4.79 Å². The zero-order valence-corrected chi connectivity index (χ0v) is 13.3. The van der Waals surface area contributed by atoms with Crippen molar-refractivity contribution < 1.29 is 19.8 Å². The minimum Gasteiger partial charge on any atom is -0.505 e. The fourth-order valence-electron chi connectivity index (χ4n) is 1.85. The van der Waals surface area contributed by atoms with Crippen LogP contribution < -0.4 is 5.32 Å². The Morgan fingerprint density at radius 2 is 1.91 bits per heavy atom. The minimum atomic E-state index is -1.48. The number of aliphatic carboxylic acids is 1. The van der Waals surface area contributed by atoms with Crippen molar-refractivity contribution >= 4 is 39.2 Å². The molecule has 0 fully saturated rings. The Labute approximate surface area is 139 Å². The first-order valence-electron chi connectivity index (χ1n) is 6.71. The number of hydrogen-bond donors (Lipinski definition) is 3. The van der Waals surface area contributed by atoms with Crippen molar-refractivity contribution in [3.8, 4) is 16.9 Å². The molecule has 0 aliphatic rings. The van der Waals surface area contributed by atoms with E-state index in [0.29, 0.717) is 10.6 Å². The van der Waals surface area contributed by atoms with Crippen LogP contribution in [0.15, 0.2) is 36.5 Å². The number of carbonyl (C=O) groups is 2. The maximum atomic E-state index is 12.1. The van der Waals surface area contributed by atoms with Crippen LogP contribution in [0.3, 0.4) is 0 Å². The summed E-state index contributed by atoms with van der Waals surface area (Å²) in [4.78, 5) is 27.0. The molecule has 0 spiro atoms. The molecule has 1 heterocycles. The molecule has 0 saturated carbocycles. The van der Waals surface area contributed by atoms with Crippen molar-refractivity contribution in [3.05, 3.63) is 47.2 Å². The first-order valence-corrected chi connectivity index (χ1v) is 7.09. The summed E-state index contributed by atoms with van der Waals surface area (Å²) in [5.74, 6) is -2.31. The van der Waals surface area contributed by atoms with Gasteiger partial charge in [0.1, 0.15) is 21.4 Å². The number of benzene rings is 1. The monoisotopic (exact) mass is 330 g/mol. The number of aromatic hydroxyl groups is 1. The lowest BCUT2D eigenvalue weighted by Gasteiger charge is -2.21. The van der Waals surface area contributed by atoms with E-state index in [1.807, 2.05) is 0 Å². The quantitative estimate of drug-likeness (QED) is 0.677. The Hall–Kier alpha value is -2.47. The van der Waals surface area contributed by atoms with Crippen LogP contribution >= 0.6 is 11.6 Å². The third-order valence-electron chi connectivity index (χ3n) is 3.20. The van der Waals surface area contributed by atoms with Crippen molar-refractivity contribution in [1.29, 1.82) is 0 Å². The van der Waals surface area contributed by atoms with Gasteiger partial charge < -0.3 is 15.5 Å². The number of carbonyl (C=O) groups excluding carboxylic acids is 1. The van der Waals surface area contributed by atoms with Crippen LogP contribution in [-0.4, -0.2) is 48.1 Å². The van der Waals surface area contributed by atoms with E-state index < -0.39 is 17.2 Å². The topological polar surface area (TPSA) is 99.5 Å². The zero-order chi connectivity index (χ0) is 17.2. The van der Waals surface area contributed by atoms with Crippen LogP contribution in [0.25, 0.3) is 11.1 Å². The Bertz CT molecular complexity index is 783. The summed E-state index contributed by atoms with van der Waals surface area (Å²) in [6, 6.07) is 8.33. The number of rotatable bonds is 4. The smallest absolute Gasteiger partial charge is 0.311 e. The summed E-state index contributed by atoms with van der Waals surface area (Å²) < 4.78 is 0. The van der Waals surface area contributed by atoms with E-state index in [1.54, 1.807) is 24.3 Å². The van der Waals surface area contributed by atoms with Gasteiger partial charge in [0.05, 0.1) is 5.34 Å². The summed E-state index contributed by atoms with van der Waals surface area (Å²) in [6.45, 7) is 0. The molecule has 0 bridgehead atoms. The number of aromatic nitrogens is 1. The second kappa shape index (κ2) is 6.34. The van der Waals surface area contributed by atoms with E-state index in [9.17, 15) is 14.7 Å². The molecule has 116 valence electrons. The van der Waals surface area contributed by atoms with Crippen molar-refractivity contribution in [2.24, 2.45) is 0 Å². The van der Waals surface area contributed by atoms with Crippen LogP contribution in [0, 0.1) is 0 Å². The predicted molar refractivity (Wildman–Crippen MR) is 91.3 cm³/mol. The lowest BCUT2D eigenvalue weighted by Crippen LogP contribution is -2.55. The van der Waals surface area contributed by atoms with E-state index in [2.05, 4.69) is 10.3 Å². The van der Waals surface area contributed by atoms with Gasteiger partial charge in [-0.15, -0.1) is 0 Å². The number of carboxylic acids is 1. The van der Waals surface area contributed by atoms with Gasteiger partial charge in [0.25, 0.3) is 5.91 Å². The zero-order valence-electron chi connectivity index (χ0n) is 12.5. The summed E-state index contributed by atoms with van der Waals surface area (Å²) in [6.07, 6.45) is 1.41. The Morgan fingerprint density at radius 1 is 1.22 bits per heavy atom. The standard InChI is InChI=1S/C14H13B2ClN2O4/c15-14(16,13(22)23)19-12(21)11-10(20)5-8(6-18-11)7-2-1-3-9(17)4-7/h1-6,20H,15-16H2,(H,19,21)(H,22,23). The number of nitrogens with one attached hydrogen (secondary N) is 1. The summed E-state index contributed by atoms with van der Waals surface area (Å²) in [5, 5.41) is 20.4. The molecule has 1 aromatic heterocycles.